The molecule has 0 amide bonds. The van der Waals surface area contributed by atoms with Gasteiger partial charge in [0.1, 0.15) is 5.58 Å². The highest BCUT2D eigenvalue weighted by Gasteiger charge is 2.21. The summed E-state index contributed by atoms with van der Waals surface area (Å²) in [5, 5.41) is 8.26. The standard InChI is InChI=1S/C22H11ClO2/c23-16-11-13-6-2-4-8-15(13)19-20-18-14-7-3-1-5-12(14)9-10-17(18)24-22(20)25-21(16)19/h1-11H. The fourth-order valence-electron chi connectivity index (χ4n) is 3.88. The van der Waals surface area contributed by atoms with Crippen LogP contribution in [0.2, 0.25) is 5.02 Å². The van der Waals surface area contributed by atoms with Gasteiger partial charge in [-0.3, -0.25) is 0 Å². The van der Waals surface area contributed by atoms with Crippen molar-refractivity contribution in [3.05, 3.63) is 71.8 Å². The van der Waals surface area contributed by atoms with Crippen molar-refractivity contribution < 1.29 is 8.83 Å². The summed E-state index contributed by atoms with van der Waals surface area (Å²) in [5.41, 5.74) is 1.52. The van der Waals surface area contributed by atoms with E-state index in [0.29, 0.717) is 16.4 Å². The maximum atomic E-state index is 6.50. The van der Waals surface area contributed by atoms with E-state index in [2.05, 4.69) is 30.3 Å². The first-order valence-corrected chi connectivity index (χ1v) is 8.53. The van der Waals surface area contributed by atoms with Crippen molar-refractivity contribution in [3.63, 3.8) is 0 Å². The highest BCUT2D eigenvalue weighted by Crippen LogP contribution is 2.44. The monoisotopic (exact) mass is 342 g/mol. The van der Waals surface area contributed by atoms with Gasteiger partial charge in [-0.25, -0.2) is 0 Å². The summed E-state index contributed by atoms with van der Waals surface area (Å²) < 4.78 is 12.1. The molecular weight excluding hydrogens is 332 g/mol. The van der Waals surface area contributed by atoms with Crippen LogP contribution >= 0.6 is 11.6 Å². The molecule has 0 radical (unpaired) electrons. The molecule has 6 aromatic rings. The molecule has 0 spiro atoms. The first-order valence-electron chi connectivity index (χ1n) is 8.15. The first kappa shape index (κ1) is 13.3. The molecule has 0 bridgehead atoms. The van der Waals surface area contributed by atoms with Crippen molar-refractivity contribution in [1.29, 1.82) is 0 Å². The lowest BCUT2D eigenvalue weighted by atomic mass is 10.0. The summed E-state index contributed by atoms with van der Waals surface area (Å²) in [7, 11) is 0. The van der Waals surface area contributed by atoms with Crippen LogP contribution in [-0.4, -0.2) is 0 Å². The van der Waals surface area contributed by atoms with Crippen molar-refractivity contribution in [1.82, 2.24) is 0 Å². The van der Waals surface area contributed by atoms with Crippen LogP contribution in [0.1, 0.15) is 0 Å². The van der Waals surface area contributed by atoms with Crippen LogP contribution in [0.5, 0.6) is 0 Å². The molecule has 0 unspecified atom stereocenters. The number of hydrogen-bond donors (Lipinski definition) is 0. The van der Waals surface area contributed by atoms with E-state index in [1.54, 1.807) is 0 Å². The van der Waals surface area contributed by atoms with Gasteiger partial charge in [0, 0.05) is 10.8 Å². The van der Waals surface area contributed by atoms with Gasteiger partial charge in [-0.1, -0.05) is 66.2 Å². The zero-order chi connectivity index (χ0) is 16.5. The van der Waals surface area contributed by atoms with E-state index in [-0.39, 0.29) is 0 Å². The zero-order valence-electron chi connectivity index (χ0n) is 13.0. The number of rotatable bonds is 0. The molecule has 2 aromatic heterocycles. The quantitative estimate of drug-likeness (QED) is 0.289. The lowest BCUT2D eigenvalue weighted by Gasteiger charge is -2.02. The van der Waals surface area contributed by atoms with Crippen LogP contribution in [0.25, 0.3) is 54.6 Å². The molecule has 0 saturated carbocycles. The number of fused-ring (bicyclic) bond motifs is 9. The smallest absolute Gasteiger partial charge is 0.299 e. The molecule has 4 aromatic carbocycles. The van der Waals surface area contributed by atoms with Crippen molar-refractivity contribution in [3.8, 4) is 0 Å². The van der Waals surface area contributed by atoms with Gasteiger partial charge in [-0.15, -0.1) is 0 Å². The van der Waals surface area contributed by atoms with Gasteiger partial charge in [-0.05, 0) is 33.7 Å². The third kappa shape index (κ3) is 1.65. The lowest BCUT2D eigenvalue weighted by molar-refractivity contribution is 0.525. The van der Waals surface area contributed by atoms with Crippen LogP contribution in [-0.2, 0) is 0 Å². The second kappa shape index (κ2) is 4.56. The predicted octanol–water partition coefficient (Wildman–Crippen LogP) is 7.29. The molecular formula is C22H11ClO2. The minimum Gasteiger partial charge on any atom is -0.425 e. The Morgan fingerprint density at radius 2 is 1.36 bits per heavy atom. The summed E-state index contributed by atoms with van der Waals surface area (Å²) in [6.07, 6.45) is 0. The van der Waals surface area contributed by atoms with E-state index in [9.17, 15) is 0 Å². The van der Waals surface area contributed by atoms with E-state index in [4.69, 9.17) is 20.4 Å². The molecule has 0 fully saturated rings. The minimum atomic E-state index is 0.527. The maximum absolute atomic E-state index is 6.50. The van der Waals surface area contributed by atoms with E-state index in [0.717, 1.165) is 37.9 Å². The van der Waals surface area contributed by atoms with Crippen LogP contribution in [0.3, 0.4) is 0 Å². The molecule has 2 heterocycles. The van der Waals surface area contributed by atoms with Crippen molar-refractivity contribution in [2.45, 2.75) is 0 Å². The Labute approximate surface area is 147 Å². The fraction of sp³-hybridized carbons (Fsp3) is 0. The Hall–Kier alpha value is -2.97. The van der Waals surface area contributed by atoms with Crippen LogP contribution in [0.4, 0.5) is 0 Å². The Bertz CT molecular complexity index is 1450. The lowest BCUT2D eigenvalue weighted by Crippen LogP contribution is -1.77. The molecule has 3 heteroatoms. The van der Waals surface area contributed by atoms with Crippen LogP contribution in [0.15, 0.2) is 75.6 Å². The van der Waals surface area contributed by atoms with Gasteiger partial charge in [0.05, 0.1) is 10.4 Å². The fourth-order valence-corrected chi connectivity index (χ4v) is 4.13. The molecule has 25 heavy (non-hydrogen) atoms. The Morgan fingerprint density at radius 1 is 0.640 bits per heavy atom. The summed E-state index contributed by atoms with van der Waals surface area (Å²) >= 11 is 6.50. The number of benzene rings is 4. The third-order valence-electron chi connectivity index (χ3n) is 4.95. The van der Waals surface area contributed by atoms with Gasteiger partial charge >= 0.3 is 0 Å². The SMILES string of the molecule is Clc1cc2ccccc2c2c1oc1oc3ccc4ccccc4c3c12. The third-order valence-corrected chi connectivity index (χ3v) is 5.23. The number of hydrogen-bond acceptors (Lipinski definition) is 2. The van der Waals surface area contributed by atoms with Crippen molar-refractivity contribution >= 4 is 66.3 Å². The van der Waals surface area contributed by atoms with Crippen molar-refractivity contribution in [2.24, 2.45) is 0 Å². The van der Waals surface area contributed by atoms with E-state index in [1.165, 1.54) is 5.39 Å². The molecule has 0 aliphatic carbocycles. The summed E-state index contributed by atoms with van der Waals surface area (Å²) in [4.78, 5) is 0. The number of halogens is 1. The second-order valence-electron chi connectivity index (χ2n) is 6.31. The van der Waals surface area contributed by atoms with E-state index >= 15 is 0 Å². The average Bonchev–Trinajstić information content (AvgIpc) is 3.18. The average molecular weight is 343 g/mol. The molecule has 0 atom stereocenters. The Morgan fingerprint density at radius 3 is 2.20 bits per heavy atom. The van der Waals surface area contributed by atoms with Gasteiger partial charge in [-0.2, -0.15) is 0 Å². The topological polar surface area (TPSA) is 26.3 Å². The number of furan rings is 2. The highest BCUT2D eigenvalue weighted by atomic mass is 35.5. The second-order valence-corrected chi connectivity index (χ2v) is 6.72. The molecule has 0 N–H and O–H groups in total. The Balaban J connectivity index is 2.00. The normalized spacial score (nSPS) is 12.2. The summed E-state index contributed by atoms with van der Waals surface area (Å²) in [6.45, 7) is 0. The molecule has 0 aliphatic rings. The zero-order valence-corrected chi connectivity index (χ0v) is 13.8. The molecule has 0 saturated heterocycles. The highest BCUT2D eigenvalue weighted by molar-refractivity contribution is 6.40. The van der Waals surface area contributed by atoms with Gasteiger partial charge in [0.2, 0.25) is 0 Å². The molecule has 2 nitrogen and oxygen atoms in total. The maximum Gasteiger partial charge on any atom is 0.299 e. The Kier molecular flexibility index (Phi) is 2.43. The molecule has 6 rings (SSSR count). The summed E-state index contributed by atoms with van der Waals surface area (Å²) in [6, 6.07) is 22.6. The minimum absolute atomic E-state index is 0.527. The van der Waals surface area contributed by atoms with E-state index < -0.39 is 0 Å². The first-order chi connectivity index (χ1) is 12.3. The largest absolute Gasteiger partial charge is 0.425 e. The van der Waals surface area contributed by atoms with Gasteiger partial charge in [0.25, 0.3) is 5.78 Å². The summed E-state index contributed by atoms with van der Waals surface area (Å²) in [5.74, 6) is 0.527. The van der Waals surface area contributed by atoms with Crippen LogP contribution in [0, 0.1) is 0 Å². The van der Waals surface area contributed by atoms with Crippen LogP contribution < -0.4 is 0 Å². The van der Waals surface area contributed by atoms with Crippen molar-refractivity contribution in [2.75, 3.05) is 0 Å². The van der Waals surface area contributed by atoms with Gasteiger partial charge < -0.3 is 8.83 Å². The predicted molar refractivity (Wildman–Crippen MR) is 104 cm³/mol. The van der Waals surface area contributed by atoms with E-state index in [1.807, 2.05) is 36.4 Å². The molecule has 0 aliphatic heterocycles. The molecule has 118 valence electrons. The van der Waals surface area contributed by atoms with Gasteiger partial charge in [0.15, 0.2) is 5.58 Å².